The van der Waals surface area contributed by atoms with Crippen molar-refractivity contribution < 1.29 is 0 Å². The van der Waals surface area contributed by atoms with Crippen molar-refractivity contribution in [2.24, 2.45) is 0 Å². The molecule has 0 atom stereocenters. The van der Waals surface area contributed by atoms with Gasteiger partial charge in [-0.05, 0) is 68.4 Å². The maximum absolute atomic E-state index is 5.37. The highest BCUT2D eigenvalue weighted by Crippen LogP contribution is 2.46. The molecular weight excluding hydrogens is 747 g/mol. The highest BCUT2D eigenvalue weighted by Gasteiger charge is 2.38. The molecule has 0 fully saturated rings. The van der Waals surface area contributed by atoms with Gasteiger partial charge in [-0.2, -0.15) is 0 Å². The monoisotopic (exact) mass is 783 g/mol. The number of nitrogens with zero attached hydrogens (tertiary/aromatic N) is 3. The van der Waals surface area contributed by atoms with Crippen LogP contribution in [0.25, 0.3) is 76.2 Å². The Kier molecular flexibility index (Phi) is 8.91. The minimum absolute atomic E-state index is 0.617. The maximum atomic E-state index is 5.37. The Labute approximate surface area is 353 Å². The van der Waals surface area contributed by atoms with Crippen LogP contribution in [0.4, 0.5) is 0 Å². The fourth-order valence-electron chi connectivity index (χ4n) is 8.94. The van der Waals surface area contributed by atoms with Gasteiger partial charge in [0.25, 0.3) is 0 Å². The van der Waals surface area contributed by atoms with Crippen LogP contribution in [0.15, 0.2) is 224 Å². The van der Waals surface area contributed by atoms with E-state index in [0.717, 1.165) is 33.0 Å². The van der Waals surface area contributed by atoms with Crippen LogP contribution >= 0.6 is 11.3 Å². The standard InChI is InChI=1S/C56H37N3S/c1-5-18-38(19-6-1)45-34-35-50(47-29-14-13-28-46(45)47)55-58-53(57-54(59-55)40-32-33-49-48-30-15-16-31-51(48)60-52(49)37-40)39-20-17-27-44(36-39)56(41-21-7-2-8-22-41,42-23-9-3-10-24-42)43-25-11-4-12-26-43/h1-37H. The van der Waals surface area contributed by atoms with E-state index in [0.29, 0.717) is 17.5 Å². The first-order chi connectivity index (χ1) is 29.7. The van der Waals surface area contributed by atoms with Crippen molar-refractivity contribution >= 4 is 42.3 Å². The van der Waals surface area contributed by atoms with Gasteiger partial charge in [0.15, 0.2) is 17.5 Å². The highest BCUT2D eigenvalue weighted by atomic mass is 32.1. The van der Waals surface area contributed by atoms with Crippen molar-refractivity contribution in [1.29, 1.82) is 0 Å². The van der Waals surface area contributed by atoms with Gasteiger partial charge in [0.2, 0.25) is 0 Å². The summed E-state index contributed by atoms with van der Waals surface area (Å²) in [4.78, 5) is 16.0. The summed E-state index contributed by atoms with van der Waals surface area (Å²) in [5.74, 6) is 1.89. The zero-order chi connectivity index (χ0) is 39.9. The van der Waals surface area contributed by atoms with Crippen LogP contribution < -0.4 is 0 Å². The van der Waals surface area contributed by atoms with Gasteiger partial charge in [0.1, 0.15) is 0 Å². The summed E-state index contributed by atoms with van der Waals surface area (Å²) < 4.78 is 2.47. The molecule has 60 heavy (non-hydrogen) atoms. The van der Waals surface area contributed by atoms with E-state index in [9.17, 15) is 0 Å². The Morgan fingerprint density at radius 1 is 0.283 bits per heavy atom. The number of hydrogen-bond acceptors (Lipinski definition) is 4. The van der Waals surface area contributed by atoms with Crippen molar-refractivity contribution in [1.82, 2.24) is 15.0 Å². The molecule has 3 nitrogen and oxygen atoms in total. The molecule has 0 aliphatic rings. The first kappa shape index (κ1) is 35.6. The average Bonchev–Trinajstić information content (AvgIpc) is 3.71. The molecule has 0 N–H and O–H groups in total. The van der Waals surface area contributed by atoms with Gasteiger partial charge in [-0.3, -0.25) is 0 Å². The molecule has 0 aliphatic heterocycles. The molecule has 11 rings (SSSR count). The summed E-state index contributed by atoms with van der Waals surface area (Å²) in [7, 11) is 0. The molecule has 0 spiro atoms. The van der Waals surface area contributed by atoms with Crippen molar-refractivity contribution in [3.63, 3.8) is 0 Å². The van der Waals surface area contributed by atoms with Crippen LogP contribution in [-0.4, -0.2) is 15.0 Å². The predicted molar refractivity (Wildman–Crippen MR) is 250 cm³/mol. The fraction of sp³-hybridized carbons (Fsp3) is 0.0179. The van der Waals surface area contributed by atoms with E-state index in [2.05, 4.69) is 224 Å². The zero-order valence-electron chi connectivity index (χ0n) is 32.6. The summed E-state index contributed by atoms with van der Waals surface area (Å²) in [6, 6.07) is 80.0. The van der Waals surface area contributed by atoms with Crippen LogP contribution in [0.5, 0.6) is 0 Å². The van der Waals surface area contributed by atoms with Gasteiger partial charge < -0.3 is 0 Å². The minimum Gasteiger partial charge on any atom is -0.208 e. The number of aromatic nitrogens is 3. The van der Waals surface area contributed by atoms with E-state index in [1.807, 2.05) is 0 Å². The molecule has 9 aromatic carbocycles. The molecule has 0 amide bonds. The number of hydrogen-bond donors (Lipinski definition) is 0. The van der Waals surface area contributed by atoms with E-state index in [-0.39, 0.29) is 0 Å². The highest BCUT2D eigenvalue weighted by molar-refractivity contribution is 7.25. The largest absolute Gasteiger partial charge is 0.208 e. The van der Waals surface area contributed by atoms with E-state index >= 15 is 0 Å². The Balaban J connectivity index is 1.15. The quantitative estimate of drug-likeness (QED) is 0.144. The summed E-state index contributed by atoms with van der Waals surface area (Å²) in [6.07, 6.45) is 0. The second-order valence-electron chi connectivity index (χ2n) is 15.1. The first-order valence-electron chi connectivity index (χ1n) is 20.3. The molecule has 4 heteroatoms. The molecule has 11 aromatic rings. The molecule has 0 aliphatic carbocycles. The predicted octanol–water partition coefficient (Wildman–Crippen LogP) is 14.4. The molecule has 2 heterocycles. The van der Waals surface area contributed by atoms with Crippen molar-refractivity contribution in [3.8, 4) is 45.3 Å². The van der Waals surface area contributed by atoms with Gasteiger partial charge in [0.05, 0.1) is 5.41 Å². The van der Waals surface area contributed by atoms with Crippen molar-refractivity contribution in [2.75, 3.05) is 0 Å². The average molecular weight is 784 g/mol. The number of benzene rings is 9. The second-order valence-corrected chi connectivity index (χ2v) is 16.2. The van der Waals surface area contributed by atoms with Gasteiger partial charge in [-0.15, -0.1) is 11.3 Å². The van der Waals surface area contributed by atoms with Crippen LogP contribution in [0.2, 0.25) is 0 Å². The van der Waals surface area contributed by atoms with E-state index in [4.69, 9.17) is 15.0 Å². The Morgan fingerprint density at radius 3 is 1.37 bits per heavy atom. The number of rotatable bonds is 8. The summed E-state index contributed by atoms with van der Waals surface area (Å²) >= 11 is 1.80. The van der Waals surface area contributed by atoms with Crippen molar-refractivity contribution in [2.45, 2.75) is 5.41 Å². The van der Waals surface area contributed by atoms with Gasteiger partial charge in [-0.1, -0.05) is 200 Å². The Hall–Kier alpha value is -7.53. The molecule has 2 aromatic heterocycles. The molecule has 0 radical (unpaired) electrons. The molecule has 0 saturated heterocycles. The zero-order valence-corrected chi connectivity index (χ0v) is 33.4. The lowest BCUT2D eigenvalue weighted by Gasteiger charge is -2.37. The van der Waals surface area contributed by atoms with Crippen LogP contribution in [-0.2, 0) is 5.41 Å². The van der Waals surface area contributed by atoms with E-state index in [1.165, 1.54) is 48.0 Å². The molecule has 282 valence electrons. The van der Waals surface area contributed by atoms with Crippen molar-refractivity contribution in [3.05, 3.63) is 247 Å². The molecule has 0 saturated carbocycles. The third-order valence-corrected chi connectivity index (χ3v) is 12.8. The lowest BCUT2D eigenvalue weighted by atomic mass is 9.65. The SMILES string of the molecule is c1ccc(-c2ccc(-c3nc(-c4cccc(C(c5ccccc5)(c5ccccc5)c5ccccc5)c4)nc(-c4ccc5c(c4)sc4ccccc45)n3)c3ccccc23)cc1. The lowest BCUT2D eigenvalue weighted by Crippen LogP contribution is -2.31. The normalized spacial score (nSPS) is 11.7. The topological polar surface area (TPSA) is 38.7 Å². The number of thiophene rings is 1. The van der Waals surface area contributed by atoms with Crippen LogP contribution in [0.1, 0.15) is 22.3 Å². The summed E-state index contributed by atoms with van der Waals surface area (Å²) in [6.45, 7) is 0. The third kappa shape index (κ3) is 6.09. The van der Waals surface area contributed by atoms with Crippen LogP contribution in [0.3, 0.4) is 0 Å². The van der Waals surface area contributed by atoms with E-state index in [1.54, 1.807) is 11.3 Å². The molecule has 0 unspecified atom stereocenters. The van der Waals surface area contributed by atoms with E-state index < -0.39 is 5.41 Å². The van der Waals surface area contributed by atoms with Gasteiger partial charge in [0, 0.05) is 36.9 Å². The maximum Gasteiger partial charge on any atom is 0.164 e. The number of fused-ring (bicyclic) bond motifs is 4. The fourth-order valence-corrected chi connectivity index (χ4v) is 10.1. The first-order valence-corrected chi connectivity index (χ1v) is 21.1. The smallest absolute Gasteiger partial charge is 0.164 e. The molecular formula is C56H37N3S. The third-order valence-electron chi connectivity index (χ3n) is 11.7. The summed E-state index contributed by atoms with van der Waals surface area (Å²) in [5.41, 5.74) is 9.21. The second kappa shape index (κ2) is 15.0. The summed E-state index contributed by atoms with van der Waals surface area (Å²) in [5, 5.41) is 4.74. The van der Waals surface area contributed by atoms with Gasteiger partial charge >= 0.3 is 0 Å². The van der Waals surface area contributed by atoms with Crippen LogP contribution in [0, 0.1) is 0 Å². The van der Waals surface area contributed by atoms with Gasteiger partial charge in [-0.25, -0.2) is 15.0 Å². The Morgan fingerprint density at radius 2 is 0.733 bits per heavy atom. The Bertz CT molecular complexity index is 3210. The minimum atomic E-state index is -0.617. The molecule has 0 bridgehead atoms. The lowest BCUT2D eigenvalue weighted by molar-refractivity contribution is 0.745.